The first kappa shape index (κ1) is 22.4. The molecule has 2 rings (SSSR count). The molecule has 0 saturated carbocycles. The third kappa shape index (κ3) is 7.72. The monoisotopic (exact) mass is 470 g/mol. The zero-order valence-corrected chi connectivity index (χ0v) is 18.3. The van der Waals surface area contributed by atoms with E-state index in [9.17, 15) is 0 Å². The van der Waals surface area contributed by atoms with Crippen LogP contribution in [0, 0.1) is 0 Å². The normalized spacial score (nSPS) is 12.3. The molecule has 2 aromatic rings. The summed E-state index contributed by atoms with van der Waals surface area (Å²) in [6.45, 7) is 8.72. The number of halogens is 1. The number of hydrogen-bond donors (Lipinski definition) is 2. The Morgan fingerprint density at radius 1 is 1.23 bits per heavy atom. The Balaban J connectivity index is 0.00000338. The molecule has 0 fully saturated rings. The number of aryl methyl sites for hydroxylation is 2. The van der Waals surface area contributed by atoms with E-state index in [2.05, 4.69) is 81.5 Å². The van der Waals surface area contributed by atoms with Crippen LogP contribution in [0.25, 0.3) is 0 Å². The van der Waals surface area contributed by atoms with E-state index in [0.717, 1.165) is 44.1 Å². The lowest BCUT2D eigenvalue weighted by Gasteiger charge is -2.18. The Morgan fingerprint density at radius 3 is 2.69 bits per heavy atom. The summed E-state index contributed by atoms with van der Waals surface area (Å²) in [7, 11) is 0. The van der Waals surface area contributed by atoms with Crippen molar-refractivity contribution in [2.24, 2.45) is 4.99 Å². The lowest BCUT2D eigenvalue weighted by molar-refractivity contribution is 0.590. The molecule has 0 amide bonds. The van der Waals surface area contributed by atoms with Crippen LogP contribution in [0.5, 0.6) is 0 Å². The predicted octanol–water partition coefficient (Wildman–Crippen LogP) is 3.03. The number of guanidine groups is 1. The second-order valence-corrected chi connectivity index (χ2v) is 6.12. The van der Waals surface area contributed by atoms with Gasteiger partial charge in [-0.2, -0.15) is 0 Å². The van der Waals surface area contributed by atoms with Crippen molar-refractivity contribution < 1.29 is 0 Å². The van der Waals surface area contributed by atoms with E-state index in [1.165, 1.54) is 5.56 Å². The number of nitrogens with zero attached hydrogens (tertiary/aromatic N) is 4. The van der Waals surface area contributed by atoms with Gasteiger partial charge in [-0.15, -0.1) is 34.2 Å². The topological polar surface area (TPSA) is 67.1 Å². The van der Waals surface area contributed by atoms with Crippen molar-refractivity contribution in [1.82, 2.24) is 25.4 Å². The van der Waals surface area contributed by atoms with E-state index in [4.69, 9.17) is 0 Å². The van der Waals surface area contributed by atoms with Crippen molar-refractivity contribution >= 4 is 29.9 Å². The number of nitrogens with one attached hydrogen (secondary N) is 2. The molecular formula is C19H31IN6. The van der Waals surface area contributed by atoms with Crippen molar-refractivity contribution in [2.45, 2.75) is 52.6 Å². The van der Waals surface area contributed by atoms with Crippen LogP contribution in [0.15, 0.2) is 41.7 Å². The van der Waals surface area contributed by atoms with Gasteiger partial charge in [-0.3, -0.25) is 4.99 Å². The van der Waals surface area contributed by atoms with Crippen LogP contribution >= 0.6 is 24.0 Å². The molecule has 1 aromatic heterocycles. The minimum absolute atomic E-state index is 0. The third-order valence-electron chi connectivity index (χ3n) is 4.06. The number of aliphatic imine (C=N–C) groups is 1. The highest BCUT2D eigenvalue weighted by molar-refractivity contribution is 14.0. The van der Waals surface area contributed by atoms with Gasteiger partial charge in [-0.1, -0.05) is 37.3 Å². The summed E-state index contributed by atoms with van der Waals surface area (Å²) in [6.07, 6.45) is 4.80. The maximum atomic E-state index is 4.68. The quantitative estimate of drug-likeness (QED) is 0.336. The van der Waals surface area contributed by atoms with Gasteiger partial charge in [0.15, 0.2) is 5.96 Å². The highest BCUT2D eigenvalue weighted by Gasteiger charge is 2.06. The van der Waals surface area contributed by atoms with E-state index in [0.29, 0.717) is 12.6 Å². The molecule has 7 heteroatoms. The third-order valence-corrected chi connectivity index (χ3v) is 4.06. The summed E-state index contributed by atoms with van der Waals surface area (Å²) in [5.74, 6) is 1.87. The van der Waals surface area contributed by atoms with E-state index in [-0.39, 0.29) is 24.0 Å². The Kier molecular flexibility index (Phi) is 10.9. The van der Waals surface area contributed by atoms with E-state index < -0.39 is 0 Å². The summed E-state index contributed by atoms with van der Waals surface area (Å²) < 4.78 is 2.06. The lowest BCUT2D eigenvalue weighted by Crippen LogP contribution is -2.42. The number of hydrogen-bond acceptors (Lipinski definition) is 3. The summed E-state index contributed by atoms with van der Waals surface area (Å²) in [6, 6.07) is 11.0. The molecule has 144 valence electrons. The number of benzene rings is 1. The van der Waals surface area contributed by atoms with Gasteiger partial charge < -0.3 is 15.2 Å². The highest BCUT2D eigenvalue weighted by Crippen LogP contribution is 2.04. The maximum absolute atomic E-state index is 4.68. The van der Waals surface area contributed by atoms with Gasteiger partial charge in [0.25, 0.3) is 0 Å². The first-order valence-electron chi connectivity index (χ1n) is 9.18. The Labute approximate surface area is 173 Å². The second-order valence-electron chi connectivity index (χ2n) is 6.12. The number of rotatable bonds is 9. The molecule has 1 heterocycles. The Hall–Kier alpha value is -1.64. The van der Waals surface area contributed by atoms with Gasteiger partial charge in [0.2, 0.25) is 0 Å². The van der Waals surface area contributed by atoms with E-state index >= 15 is 0 Å². The van der Waals surface area contributed by atoms with Gasteiger partial charge in [0, 0.05) is 25.6 Å². The second kappa shape index (κ2) is 12.7. The van der Waals surface area contributed by atoms with Crippen LogP contribution in [0.3, 0.4) is 0 Å². The van der Waals surface area contributed by atoms with Crippen LogP contribution in [-0.4, -0.2) is 39.9 Å². The predicted molar refractivity (Wildman–Crippen MR) is 118 cm³/mol. The fraction of sp³-hybridized carbons (Fsp3) is 0.526. The SMILES string of the molecule is CCNC(=NCCn1cnnc1CC)NC(C)CCc1ccccc1.I. The van der Waals surface area contributed by atoms with Crippen LogP contribution in [0.4, 0.5) is 0 Å². The van der Waals surface area contributed by atoms with E-state index in [1.807, 2.05) is 0 Å². The zero-order chi connectivity index (χ0) is 17.9. The van der Waals surface area contributed by atoms with Crippen molar-refractivity contribution in [3.63, 3.8) is 0 Å². The van der Waals surface area contributed by atoms with Crippen LogP contribution in [0.2, 0.25) is 0 Å². The summed E-state index contributed by atoms with van der Waals surface area (Å²) >= 11 is 0. The molecule has 2 N–H and O–H groups in total. The minimum Gasteiger partial charge on any atom is -0.357 e. The molecule has 0 bridgehead atoms. The first-order valence-corrected chi connectivity index (χ1v) is 9.18. The summed E-state index contributed by atoms with van der Waals surface area (Å²) in [5.41, 5.74) is 1.37. The van der Waals surface area contributed by atoms with Crippen molar-refractivity contribution in [2.75, 3.05) is 13.1 Å². The fourth-order valence-corrected chi connectivity index (χ4v) is 2.66. The van der Waals surface area contributed by atoms with Crippen molar-refractivity contribution in [1.29, 1.82) is 0 Å². The highest BCUT2D eigenvalue weighted by atomic mass is 127. The molecule has 6 nitrogen and oxygen atoms in total. The smallest absolute Gasteiger partial charge is 0.191 e. The molecule has 1 aromatic carbocycles. The first-order chi connectivity index (χ1) is 12.2. The molecule has 0 aliphatic rings. The minimum atomic E-state index is 0. The number of aromatic nitrogens is 3. The molecule has 26 heavy (non-hydrogen) atoms. The van der Waals surface area contributed by atoms with Crippen molar-refractivity contribution in [3.8, 4) is 0 Å². The van der Waals surface area contributed by atoms with Crippen LogP contribution < -0.4 is 10.6 Å². The van der Waals surface area contributed by atoms with Gasteiger partial charge in [0.05, 0.1) is 6.54 Å². The molecule has 1 unspecified atom stereocenters. The van der Waals surface area contributed by atoms with E-state index in [1.54, 1.807) is 6.33 Å². The average Bonchev–Trinajstić information content (AvgIpc) is 3.08. The van der Waals surface area contributed by atoms with Gasteiger partial charge >= 0.3 is 0 Å². The molecular weight excluding hydrogens is 439 g/mol. The maximum Gasteiger partial charge on any atom is 0.191 e. The molecule has 1 atom stereocenters. The van der Waals surface area contributed by atoms with Crippen LogP contribution in [-0.2, 0) is 19.4 Å². The largest absolute Gasteiger partial charge is 0.357 e. The Morgan fingerprint density at radius 2 is 2.00 bits per heavy atom. The standard InChI is InChI=1S/C19H30N6.HI/c1-4-18-24-22-15-25(18)14-13-21-19(20-5-2)23-16(3)11-12-17-9-7-6-8-10-17;/h6-10,15-16H,4-5,11-14H2,1-3H3,(H2,20,21,23);1H. The molecule has 0 aliphatic heterocycles. The van der Waals surface area contributed by atoms with Gasteiger partial charge in [0.1, 0.15) is 12.2 Å². The summed E-state index contributed by atoms with van der Waals surface area (Å²) in [5, 5.41) is 14.9. The molecule has 0 aliphatic carbocycles. The zero-order valence-electron chi connectivity index (χ0n) is 16.0. The fourth-order valence-electron chi connectivity index (χ4n) is 2.66. The molecule has 0 saturated heterocycles. The van der Waals surface area contributed by atoms with Crippen molar-refractivity contribution in [3.05, 3.63) is 48.0 Å². The molecule has 0 radical (unpaired) electrons. The average molecular weight is 470 g/mol. The molecule has 0 spiro atoms. The lowest BCUT2D eigenvalue weighted by atomic mass is 10.1. The van der Waals surface area contributed by atoms with Gasteiger partial charge in [-0.25, -0.2) is 0 Å². The Bertz CT molecular complexity index is 640. The van der Waals surface area contributed by atoms with Crippen LogP contribution in [0.1, 0.15) is 38.6 Å². The summed E-state index contributed by atoms with van der Waals surface area (Å²) in [4.78, 5) is 4.68. The van der Waals surface area contributed by atoms with Gasteiger partial charge in [-0.05, 0) is 32.3 Å².